The second-order valence-corrected chi connectivity index (χ2v) is 7.41. The van der Waals surface area contributed by atoms with Gasteiger partial charge in [-0.05, 0) is 24.6 Å². The molecule has 0 heterocycles. The SMILES string of the molecule is CCCC(=O)N[C@H](Nc1cc(C(F)(F)F)ccc1Cl)C(Cl)(Cl)Cl. The van der Waals surface area contributed by atoms with Crippen LogP contribution in [0.1, 0.15) is 25.3 Å². The molecule has 0 aromatic heterocycles. The molecule has 23 heavy (non-hydrogen) atoms. The lowest BCUT2D eigenvalue weighted by Gasteiger charge is -2.28. The molecule has 1 rings (SSSR count). The molecule has 2 N–H and O–H groups in total. The summed E-state index contributed by atoms with van der Waals surface area (Å²) in [4.78, 5) is 11.7. The second-order valence-electron chi connectivity index (χ2n) is 4.63. The lowest BCUT2D eigenvalue weighted by molar-refractivity contribution is -0.137. The fourth-order valence-electron chi connectivity index (χ4n) is 1.63. The van der Waals surface area contributed by atoms with Crippen molar-refractivity contribution in [1.82, 2.24) is 5.32 Å². The van der Waals surface area contributed by atoms with E-state index < -0.39 is 27.6 Å². The fraction of sp³-hybridized carbons (Fsp3) is 0.462. The molecule has 0 spiro atoms. The first-order valence-electron chi connectivity index (χ1n) is 6.44. The Morgan fingerprint density at radius 3 is 2.35 bits per heavy atom. The maximum atomic E-state index is 12.8. The van der Waals surface area contributed by atoms with Gasteiger partial charge in [0.25, 0.3) is 0 Å². The number of nitrogens with one attached hydrogen (secondary N) is 2. The summed E-state index contributed by atoms with van der Waals surface area (Å²) in [5.74, 6) is -0.417. The number of hydrogen-bond acceptors (Lipinski definition) is 2. The maximum Gasteiger partial charge on any atom is 0.416 e. The molecule has 0 fully saturated rings. The average molecular weight is 412 g/mol. The third-order valence-corrected chi connectivity index (χ3v) is 3.69. The molecule has 3 nitrogen and oxygen atoms in total. The molecule has 1 atom stereocenters. The number of benzene rings is 1. The minimum Gasteiger partial charge on any atom is -0.361 e. The summed E-state index contributed by atoms with van der Waals surface area (Å²) in [5, 5.41) is 4.92. The lowest BCUT2D eigenvalue weighted by Crippen LogP contribution is -2.49. The van der Waals surface area contributed by atoms with Gasteiger partial charge in [-0.1, -0.05) is 53.3 Å². The van der Waals surface area contributed by atoms with Crippen LogP contribution in [-0.2, 0) is 11.0 Å². The van der Waals surface area contributed by atoms with E-state index in [-0.39, 0.29) is 17.1 Å². The highest BCUT2D eigenvalue weighted by molar-refractivity contribution is 6.68. The van der Waals surface area contributed by atoms with Gasteiger partial charge in [0.2, 0.25) is 9.70 Å². The van der Waals surface area contributed by atoms with E-state index in [0.717, 1.165) is 18.2 Å². The number of hydrogen-bond donors (Lipinski definition) is 2. The second kappa shape index (κ2) is 8.01. The van der Waals surface area contributed by atoms with Crippen LogP contribution in [0.15, 0.2) is 18.2 Å². The first-order chi connectivity index (χ1) is 10.4. The predicted molar refractivity (Wildman–Crippen MR) is 87.2 cm³/mol. The van der Waals surface area contributed by atoms with Crippen molar-refractivity contribution < 1.29 is 18.0 Å². The van der Waals surface area contributed by atoms with E-state index in [0.29, 0.717) is 6.42 Å². The largest absolute Gasteiger partial charge is 0.416 e. The Morgan fingerprint density at radius 2 is 1.87 bits per heavy atom. The smallest absolute Gasteiger partial charge is 0.361 e. The standard InChI is InChI=1S/C13H13Cl4F3N2O/c1-2-3-10(23)22-11(12(15,16)17)21-9-6-7(13(18,19)20)4-5-8(9)14/h4-6,11,21H,2-3H2,1H3,(H,22,23)/t11-/m0/s1. The van der Waals surface area contributed by atoms with E-state index in [4.69, 9.17) is 46.4 Å². The molecule has 0 saturated carbocycles. The fourth-order valence-corrected chi connectivity index (χ4v) is 2.13. The molecule has 0 saturated heterocycles. The maximum absolute atomic E-state index is 12.8. The van der Waals surface area contributed by atoms with Crippen molar-refractivity contribution in [2.45, 2.75) is 35.9 Å². The summed E-state index contributed by atoms with van der Waals surface area (Å²) >= 11 is 23.2. The van der Waals surface area contributed by atoms with Crippen LogP contribution in [0.2, 0.25) is 5.02 Å². The Bertz CT molecular complexity index is 561. The van der Waals surface area contributed by atoms with Crippen LogP contribution in [0.3, 0.4) is 0 Å². The van der Waals surface area contributed by atoms with Crippen molar-refractivity contribution in [3.63, 3.8) is 0 Å². The van der Waals surface area contributed by atoms with Crippen LogP contribution in [0, 0.1) is 0 Å². The zero-order chi connectivity index (χ0) is 17.8. The minimum absolute atomic E-state index is 0.0120. The van der Waals surface area contributed by atoms with E-state index in [1.807, 2.05) is 0 Å². The van der Waals surface area contributed by atoms with E-state index >= 15 is 0 Å². The quantitative estimate of drug-likeness (QED) is 0.504. The molecule has 1 amide bonds. The van der Waals surface area contributed by atoms with Gasteiger partial charge in [-0.15, -0.1) is 0 Å². The molecule has 0 aliphatic rings. The van der Waals surface area contributed by atoms with Gasteiger partial charge in [0.05, 0.1) is 16.3 Å². The van der Waals surface area contributed by atoms with Gasteiger partial charge in [-0.25, -0.2) is 0 Å². The van der Waals surface area contributed by atoms with Gasteiger partial charge in [0.1, 0.15) is 6.17 Å². The van der Waals surface area contributed by atoms with Gasteiger partial charge >= 0.3 is 6.18 Å². The molecule has 0 unspecified atom stereocenters. The molecular formula is C13H13Cl4F3N2O. The summed E-state index contributed by atoms with van der Waals surface area (Å²) in [7, 11) is 0. The van der Waals surface area contributed by atoms with Crippen molar-refractivity contribution in [2.75, 3.05) is 5.32 Å². The first kappa shape index (κ1) is 20.5. The third-order valence-electron chi connectivity index (χ3n) is 2.70. The van der Waals surface area contributed by atoms with Gasteiger partial charge in [-0.3, -0.25) is 4.79 Å². The predicted octanol–water partition coefficient (Wildman–Crippen LogP) is 5.38. The minimum atomic E-state index is -4.55. The van der Waals surface area contributed by atoms with Gasteiger partial charge in [0.15, 0.2) is 0 Å². The Morgan fingerprint density at radius 1 is 1.26 bits per heavy atom. The van der Waals surface area contributed by atoms with E-state index in [1.54, 1.807) is 6.92 Å². The molecule has 0 aliphatic carbocycles. The van der Waals surface area contributed by atoms with Crippen LogP contribution in [-0.4, -0.2) is 15.9 Å². The number of carbonyl (C=O) groups excluding carboxylic acids is 1. The van der Waals surface area contributed by atoms with Crippen molar-refractivity contribution in [2.24, 2.45) is 0 Å². The van der Waals surface area contributed by atoms with Crippen molar-refractivity contribution in [1.29, 1.82) is 0 Å². The molecule has 0 aliphatic heterocycles. The Labute approximate surface area is 151 Å². The number of anilines is 1. The molecule has 10 heteroatoms. The van der Waals surface area contributed by atoms with Crippen LogP contribution >= 0.6 is 46.4 Å². The third kappa shape index (κ3) is 6.45. The van der Waals surface area contributed by atoms with Crippen LogP contribution in [0.4, 0.5) is 18.9 Å². The average Bonchev–Trinajstić information content (AvgIpc) is 2.38. The monoisotopic (exact) mass is 410 g/mol. The van der Waals surface area contributed by atoms with E-state index in [2.05, 4.69) is 10.6 Å². The highest BCUT2D eigenvalue weighted by atomic mass is 35.6. The Balaban J connectivity index is 3.06. The normalized spacial score (nSPS) is 13.6. The number of halogens is 7. The summed E-state index contributed by atoms with van der Waals surface area (Å²) < 4.78 is 36.3. The molecule has 1 aromatic carbocycles. The van der Waals surface area contributed by atoms with Crippen molar-refractivity contribution in [3.8, 4) is 0 Å². The number of carbonyl (C=O) groups is 1. The van der Waals surface area contributed by atoms with Crippen LogP contribution < -0.4 is 10.6 Å². The highest BCUT2D eigenvalue weighted by Gasteiger charge is 2.35. The Kier molecular flexibility index (Phi) is 7.13. The lowest BCUT2D eigenvalue weighted by atomic mass is 10.2. The molecule has 130 valence electrons. The number of amides is 1. The van der Waals surface area contributed by atoms with Crippen LogP contribution in [0.25, 0.3) is 0 Å². The van der Waals surface area contributed by atoms with E-state index in [9.17, 15) is 18.0 Å². The van der Waals surface area contributed by atoms with Gasteiger partial charge < -0.3 is 10.6 Å². The van der Waals surface area contributed by atoms with Crippen molar-refractivity contribution in [3.05, 3.63) is 28.8 Å². The topological polar surface area (TPSA) is 41.1 Å². The van der Waals surface area contributed by atoms with Gasteiger partial charge in [0, 0.05) is 6.42 Å². The number of rotatable bonds is 5. The van der Waals surface area contributed by atoms with E-state index in [1.165, 1.54) is 0 Å². The summed E-state index contributed by atoms with van der Waals surface area (Å²) in [6.45, 7) is 1.78. The molecule has 0 radical (unpaired) electrons. The molecular weight excluding hydrogens is 399 g/mol. The first-order valence-corrected chi connectivity index (χ1v) is 7.95. The molecule has 0 bridgehead atoms. The number of alkyl halides is 6. The summed E-state index contributed by atoms with van der Waals surface area (Å²) in [6, 6.07) is 2.67. The molecule has 1 aromatic rings. The summed E-state index contributed by atoms with van der Waals surface area (Å²) in [5.41, 5.74) is -1.04. The highest BCUT2D eigenvalue weighted by Crippen LogP contribution is 2.36. The van der Waals surface area contributed by atoms with Gasteiger partial charge in [-0.2, -0.15) is 13.2 Å². The zero-order valence-electron chi connectivity index (χ0n) is 11.8. The Hall–Kier alpha value is -0.560. The van der Waals surface area contributed by atoms with Crippen molar-refractivity contribution >= 4 is 58.0 Å². The van der Waals surface area contributed by atoms with Crippen LogP contribution in [0.5, 0.6) is 0 Å². The zero-order valence-corrected chi connectivity index (χ0v) is 14.8. The summed E-state index contributed by atoms with van der Waals surface area (Å²) in [6.07, 6.45) is -5.08.